The Morgan fingerprint density at radius 1 is 1.38 bits per heavy atom. The van der Waals surface area contributed by atoms with E-state index >= 15 is 0 Å². The van der Waals surface area contributed by atoms with Gasteiger partial charge in [-0.2, -0.15) is 0 Å². The number of hydrogen-bond acceptors (Lipinski definition) is 2. The molecular formula is C17H28N2O2. The average Bonchev–Trinajstić information content (AvgIpc) is 2.45. The number of allylic oxidation sites excluding steroid dienone is 2. The van der Waals surface area contributed by atoms with Gasteiger partial charge in [0.1, 0.15) is 11.6 Å². The standard InChI is InChI=1S/C17H28N2O2/c1-5-17(4)16(21)19(11-13-9-7-6-8-10-13)14(12(2)3)15(20)18-17/h6-7,12-14H,5,8-11H2,1-4H3,(H,18,20). The average molecular weight is 292 g/mol. The first-order chi connectivity index (χ1) is 9.89. The Bertz CT molecular complexity index is 444. The monoisotopic (exact) mass is 292 g/mol. The summed E-state index contributed by atoms with van der Waals surface area (Å²) in [4.78, 5) is 27.3. The molecule has 4 nitrogen and oxygen atoms in total. The Hall–Kier alpha value is -1.32. The van der Waals surface area contributed by atoms with Gasteiger partial charge in [0, 0.05) is 6.54 Å². The van der Waals surface area contributed by atoms with Gasteiger partial charge in [-0.15, -0.1) is 0 Å². The van der Waals surface area contributed by atoms with E-state index in [-0.39, 0.29) is 23.8 Å². The number of rotatable bonds is 4. The number of nitrogens with zero attached hydrogens (tertiary/aromatic N) is 1. The predicted molar refractivity (Wildman–Crippen MR) is 83.7 cm³/mol. The van der Waals surface area contributed by atoms with Crippen molar-refractivity contribution in [3.05, 3.63) is 12.2 Å². The molecule has 118 valence electrons. The molecule has 2 amide bonds. The Kier molecular flexibility index (Phi) is 4.74. The number of carbonyl (C=O) groups is 2. The van der Waals surface area contributed by atoms with Crippen molar-refractivity contribution in [2.45, 2.75) is 65.0 Å². The number of amides is 2. The molecule has 4 heteroatoms. The summed E-state index contributed by atoms with van der Waals surface area (Å²) < 4.78 is 0. The van der Waals surface area contributed by atoms with E-state index < -0.39 is 5.54 Å². The summed E-state index contributed by atoms with van der Waals surface area (Å²) in [5.74, 6) is 0.694. The lowest BCUT2D eigenvalue weighted by atomic mass is 9.86. The first-order valence-electron chi connectivity index (χ1n) is 8.17. The first kappa shape index (κ1) is 16.1. The summed E-state index contributed by atoms with van der Waals surface area (Å²) >= 11 is 0. The molecule has 2 rings (SSSR count). The van der Waals surface area contributed by atoms with Gasteiger partial charge in [0.05, 0.1) is 0 Å². The Morgan fingerprint density at radius 3 is 2.62 bits per heavy atom. The highest BCUT2D eigenvalue weighted by Gasteiger charge is 2.48. The van der Waals surface area contributed by atoms with Crippen LogP contribution in [0.1, 0.15) is 53.4 Å². The van der Waals surface area contributed by atoms with Crippen molar-refractivity contribution in [2.75, 3.05) is 6.54 Å². The van der Waals surface area contributed by atoms with Crippen LogP contribution >= 0.6 is 0 Å². The van der Waals surface area contributed by atoms with Crippen LogP contribution in [-0.2, 0) is 9.59 Å². The lowest BCUT2D eigenvalue weighted by molar-refractivity contribution is -0.157. The zero-order chi connectivity index (χ0) is 15.6. The maximum absolute atomic E-state index is 12.9. The van der Waals surface area contributed by atoms with Gasteiger partial charge >= 0.3 is 0 Å². The number of hydrogen-bond donors (Lipinski definition) is 1. The van der Waals surface area contributed by atoms with E-state index in [4.69, 9.17) is 0 Å². The van der Waals surface area contributed by atoms with Crippen LogP contribution in [0.2, 0.25) is 0 Å². The highest BCUT2D eigenvalue weighted by molar-refractivity contribution is 5.99. The largest absolute Gasteiger partial charge is 0.340 e. The molecular weight excluding hydrogens is 264 g/mol. The van der Waals surface area contributed by atoms with Crippen LogP contribution in [0.3, 0.4) is 0 Å². The molecule has 0 radical (unpaired) electrons. The van der Waals surface area contributed by atoms with E-state index in [1.807, 2.05) is 32.6 Å². The lowest BCUT2D eigenvalue weighted by Crippen LogP contribution is -2.70. The van der Waals surface area contributed by atoms with E-state index in [0.29, 0.717) is 18.9 Å². The van der Waals surface area contributed by atoms with Crippen LogP contribution in [-0.4, -0.2) is 34.8 Å². The summed E-state index contributed by atoms with van der Waals surface area (Å²) in [5.41, 5.74) is -0.743. The molecule has 1 saturated heterocycles. The van der Waals surface area contributed by atoms with Gasteiger partial charge in [0.15, 0.2) is 0 Å². The molecule has 1 aliphatic carbocycles. The zero-order valence-electron chi connectivity index (χ0n) is 13.7. The van der Waals surface area contributed by atoms with Crippen molar-refractivity contribution in [1.82, 2.24) is 10.2 Å². The van der Waals surface area contributed by atoms with Gasteiger partial charge in [-0.05, 0) is 44.4 Å². The van der Waals surface area contributed by atoms with Crippen LogP contribution in [0.25, 0.3) is 0 Å². The summed E-state index contributed by atoms with van der Waals surface area (Å²) in [6.45, 7) is 8.53. The van der Waals surface area contributed by atoms with Gasteiger partial charge in [0.2, 0.25) is 11.8 Å². The van der Waals surface area contributed by atoms with Crippen LogP contribution in [0, 0.1) is 11.8 Å². The Balaban J connectivity index is 2.23. The van der Waals surface area contributed by atoms with Gasteiger partial charge in [0.25, 0.3) is 0 Å². The van der Waals surface area contributed by atoms with E-state index in [2.05, 4.69) is 17.5 Å². The highest BCUT2D eigenvalue weighted by Crippen LogP contribution is 2.28. The molecule has 3 unspecified atom stereocenters. The van der Waals surface area contributed by atoms with Crippen molar-refractivity contribution in [1.29, 1.82) is 0 Å². The smallest absolute Gasteiger partial charge is 0.248 e. The normalized spacial score (nSPS) is 33.5. The molecule has 1 N–H and O–H groups in total. The third kappa shape index (κ3) is 3.14. The SMILES string of the molecule is CCC1(C)NC(=O)C(C(C)C)N(CC2CC=CCC2)C1=O. The number of piperazine rings is 1. The minimum absolute atomic E-state index is 0.000279. The van der Waals surface area contributed by atoms with Crippen LogP contribution in [0.5, 0.6) is 0 Å². The molecule has 0 spiro atoms. The Morgan fingerprint density at radius 2 is 2.10 bits per heavy atom. The van der Waals surface area contributed by atoms with Crippen LogP contribution < -0.4 is 5.32 Å². The predicted octanol–water partition coefficient (Wildman–Crippen LogP) is 2.49. The molecule has 0 aromatic heterocycles. The van der Waals surface area contributed by atoms with E-state index in [1.165, 1.54) is 0 Å². The second-order valence-corrected chi connectivity index (χ2v) is 6.97. The second kappa shape index (κ2) is 6.20. The van der Waals surface area contributed by atoms with Gasteiger partial charge in [-0.25, -0.2) is 0 Å². The van der Waals surface area contributed by atoms with E-state index in [9.17, 15) is 9.59 Å². The number of carbonyl (C=O) groups excluding carboxylic acids is 2. The lowest BCUT2D eigenvalue weighted by Gasteiger charge is -2.46. The molecule has 1 heterocycles. The minimum atomic E-state index is -0.743. The van der Waals surface area contributed by atoms with Gasteiger partial charge in [-0.1, -0.05) is 32.9 Å². The van der Waals surface area contributed by atoms with Crippen molar-refractivity contribution < 1.29 is 9.59 Å². The Labute approximate surface area is 128 Å². The third-order valence-electron chi connectivity index (χ3n) is 4.91. The summed E-state index contributed by atoms with van der Waals surface area (Å²) in [6.07, 6.45) is 8.23. The molecule has 3 atom stereocenters. The van der Waals surface area contributed by atoms with Crippen LogP contribution in [0.4, 0.5) is 0 Å². The molecule has 1 fully saturated rings. The fourth-order valence-corrected chi connectivity index (χ4v) is 3.38. The van der Waals surface area contributed by atoms with E-state index in [0.717, 1.165) is 19.3 Å². The molecule has 0 saturated carbocycles. The van der Waals surface area contributed by atoms with Crippen molar-refractivity contribution in [3.63, 3.8) is 0 Å². The second-order valence-electron chi connectivity index (χ2n) is 6.97. The maximum Gasteiger partial charge on any atom is 0.248 e. The summed E-state index contributed by atoms with van der Waals surface area (Å²) in [7, 11) is 0. The zero-order valence-corrected chi connectivity index (χ0v) is 13.7. The molecule has 2 aliphatic rings. The fraction of sp³-hybridized carbons (Fsp3) is 0.765. The highest BCUT2D eigenvalue weighted by atomic mass is 16.2. The van der Waals surface area contributed by atoms with Gasteiger partial charge in [-0.3, -0.25) is 9.59 Å². The fourth-order valence-electron chi connectivity index (χ4n) is 3.38. The van der Waals surface area contributed by atoms with Crippen molar-refractivity contribution in [2.24, 2.45) is 11.8 Å². The molecule has 0 aromatic carbocycles. The quantitative estimate of drug-likeness (QED) is 0.809. The topological polar surface area (TPSA) is 49.4 Å². The maximum atomic E-state index is 12.9. The minimum Gasteiger partial charge on any atom is -0.340 e. The molecule has 1 aliphatic heterocycles. The van der Waals surface area contributed by atoms with E-state index in [1.54, 1.807) is 0 Å². The van der Waals surface area contributed by atoms with Crippen molar-refractivity contribution >= 4 is 11.8 Å². The third-order valence-corrected chi connectivity index (χ3v) is 4.91. The molecule has 0 aromatic rings. The summed E-state index contributed by atoms with van der Waals surface area (Å²) in [5, 5.41) is 2.95. The summed E-state index contributed by atoms with van der Waals surface area (Å²) in [6, 6.07) is -0.331. The molecule has 0 bridgehead atoms. The number of nitrogens with one attached hydrogen (secondary N) is 1. The van der Waals surface area contributed by atoms with Crippen molar-refractivity contribution in [3.8, 4) is 0 Å². The first-order valence-corrected chi connectivity index (χ1v) is 8.17. The molecule has 21 heavy (non-hydrogen) atoms. The van der Waals surface area contributed by atoms with Gasteiger partial charge < -0.3 is 10.2 Å². The van der Waals surface area contributed by atoms with Crippen LogP contribution in [0.15, 0.2) is 12.2 Å².